The number of aliphatic carboxylic acids is 1. The summed E-state index contributed by atoms with van der Waals surface area (Å²) < 4.78 is 13.3. The highest BCUT2D eigenvalue weighted by molar-refractivity contribution is 5.80. The lowest BCUT2D eigenvalue weighted by Crippen LogP contribution is -2.31. The molecule has 1 aromatic carbocycles. The summed E-state index contributed by atoms with van der Waals surface area (Å²) in [7, 11) is 0. The van der Waals surface area contributed by atoms with Gasteiger partial charge in [0, 0.05) is 0 Å². The number of carboxylic acids is 1. The second-order valence-corrected chi connectivity index (χ2v) is 4.67. The molecule has 7 heteroatoms. The van der Waals surface area contributed by atoms with Gasteiger partial charge in [-0.2, -0.15) is 0 Å². The van der Waals surface area contributed by atoms with Crippen molar-refractivity contribution in [1.82, 2.24) is 0 Å². The van der Waals surface area contributed by atoms with E-state index in [0.29, 0.717) is 0 Å². The van der Waals surface area contributed by atoms with Crippen molar-refractivity contribution in [3.8, 4) is 0 Å². The van der Waals surface area contributed by atoms with Crippen LogP contribution in [0.1, 0.15) is 18.4 Å². The summed E-state index contributed by atoms with van der Waals surface area (Å²) in [6.45, 7) is 1.47. The Kier molecular flexibility index (Phi) is 3.37. The van der Waals surface area contributed by atoms with E-state index in [0.717, 1.165) is 18.9 Å². The molecule has 0 heterocycles. The molecule has 1 aromatic rings. The lowest BCUT2D eigenvalue weighted by Gasteiger charge is -2.15. The van der Waals surface area contributed by atoms with E-state index in [2.05, 4.69) is 5.32 Å². The van der Waals surface area contributed by atoms with Crippen LogP contribution < -0.4 is 5.32 Å². The van der Waals surface area contributed by atoms with E-state index in [1.54, 1.807) is 0 Å². The van der Waals surface area contributed by atoms with Crippen LogP contribution in [0.25, 0.3) is 0 Å². The van der Waals surface area contributed by atoms with E-state index in [4.69, 9.17) is 5.11 Å². The maximum absolute atomic E-state index is 13.3. The molecule has 0 bridgehead atoms. The van der Waals surface area contributed by atoms with E-state index in [9.17, 15) is 19.3 Å². The number of nitro benzene ring substituents is 1. The highest BCUT2D eigenvalue weighted by Gasteiger charge is 2.37. The largest absolute Gasteiger partial charge is 0.480 e. The van der Waals surface area contributed by atoms with Crippen molar-refractivity contribution in [1.29, 1.82) is 0 Å². The van der Waals surface area contributed by atoms with Crippen LogP contribution in [0.15, 0.2) is 12.1 Å². The van der Waals surface area contributed by atoms with Crippen molar-refractivity contribution in [3.63, 3.8) is 0 Å². The molecular weight excluding hydrogens is 255 g/mol. The number of hydrogen-bond donors (Lipinski definition) is 2. The van der Waals surface area contributed by atoms with Gasteiger partial charge >= 0.3 is 5.97 Å². The van der Waals surface area contributed by atoms with Crippen molar-refractivity contribution in [2.75, 3.05) is 5.32 Å². The first-order valence-corrected chi connectivity index (χ1v) is 5.84. The molecule has 1 saturated carbocycles. The van der Waals surface area contributed by atoms with E-state index in [1.165, 1.54) is 13.0 Å². The fourth-order valence-electron chi connectivity index (χ4n) is 1.92. The molecule has 0 spiro atoms. The van der Waals surface area contributed by atoms with E-state index in [1.807, 2.05) is 0 Å². The van der Waals surface area contributed by atoms with Crippen molar-refractivity contribution >= 4 is 17.3 Å². The third-order valence-corrected chi connectivity index (χ3v) is 3.14. The number of carboxylic acid groups (broad SMARTS) is 1. The van der Waals surface area contributed by atoms with E-state index < -0.39 is 28.4 Å². The predicted molar refractivity (Wildman–Crippen MR) is 65.6 cm³/mol. The van der Waals surface area contributed by atoms with Crippen molar-refractivity contribution in [2.45, 2.75) is 25.8 Å². The summed E-state index contributed by atoms with van der Waals surface area (Å²) in [6, 6.07) is 1.21. The zero-order valence-electron chi connectivity index (χ0n) is 10.2. The van der Waals surface area contributed by atoms with Gasteiger partial charge in [-0.05, 0) is 37.3 Å². The normalized spacial score (nSPS) is 15.9. The van der Waals surface area contributed by atoms with Crippen LogP contribution in [-0.4, -0.2) is 22.0 Å². The smallest absolute Gasteiger partial charge is 0.326 e. The molecule has 1 aliphatic carbocycles. The molecule has 0 amide bonds. The van der Waals surface area contributed by atoms with Gasteiger partial charge in [-0.3, -0.25) is 10.1 Å². The number of rotatable bonds is 5. The number of nitro groups is 1. The van der Waals surface area contributed by atoms with Gasteiger partial charge in [-0.1, -0.05) is 0 Å². The zero-order chi connectivity index (χ0) is 14.2. The Hall–Kier alpha value is -2.18. The highest BCUT2D eigenvalue weighted by atomic mass is 19.1. The van der Waals surface area contributed by atoms with Crippen molar-refractivity contribution in [2.24, 2.45) is 5.92 Å². The molecule has 2 N–H and O–H groups in total. The number of nitrogens with zero attached hydrogens (tertiary/aromatic N) is 1. The number of benzene rings is 1. The van der Waals surface area contributed by atoms with Crippen molar-refractivity contribution < 1.29 is 19.2 Å². The average Bonchev–Trinajstić information content (AvgIpc) is 3.13. The molecule has 0 radical (unpaired) electrons. The first kappa shape index (κ1) is 13.3. The Bertz CT molecular complexity index is 543. The maximum Gasteiger partial charge on any atom is 0.326 e. The zero-order valence-corrected chi connectivity index (χ0v) is 10.2. The van der Waals surface area contributed by atoms with Gasteiger partial charge in [-0.25, -0.2) is 9.18 Å². The van der Waals surface area contributed by atoms with E-state index in [-0.39, 0.29) is 17.2 Å². The number of nitrogens with one attached hydrogen (secondary N) is 1. The lowest BCUT2D eigenvalue weighted by atomic mass is 10.1. The van der Waals surface area contributed by atoms with Crippen LogP contribution >= 0.6 is 0 Å². The molecule has 102 valence electrons. The summed E-state index contributed by atoms with van der Waals surface area (Å²) in [5, 5.41) is 22.6. The summed E-state index contributed by atoms with van der Waals surface area (Å²) in [5.74, 6) is -1.77. The van der Waals surface area contributed by atoms with Gasteiger partial charge < -0.3 is 10.4 Å². The third-order valence-electron chi connectivity index (χ3n) is 3.14. The minimum Gasteiger partial charge on any atom is -0.480 e. The van der Waals surface area contributed by atoms with Gasteiger partial charge in [0.15, 0.2) is 0 Å². The number of halogens is 1. The van der Waals surface area contributed by atoms with Gasteiger partial charge in [0.05, 0.1) is 11.0 Å². The Morgan fingerprint density at radius 1 is 1.58 bits per heavy atom. The number of anilines is 1. The Balaban J connectivity index is 2.34. The second kappa shape index (κ2) is 4.83. The van der Waals surface area contributed by atoms with Crippen LogP contribution in [0.2, 0.25) is 0 Å². The first-order chi connectivity index (χ1) is 8.90. The molecule has 0 aliphatic heterocycles. The number of carbonyl (C=O) groups is 1. The third kappa shape index (κ3) is 2.81. The fraction of sp³-hybridized carbons (Fsp3) is 0.417. The van der Waals surface area contributed by atoms with Crippen molar-refractivity contribution in [3.05, 3.63) is 33.6 Å². The van der Waals surface area contributed by atoms with Crippen LogP contribution in [0.4, 0.5) is 15.8 Å². The predicted octanol–water partition coefficient (Wildman–Crippen LogP) is 2.32. The Labute approximate surface area is 108 Å². The Morgan fingerprint density at radius 2 is 2.21 bits per heavy atom. The molecule has 1 aliphatic rings. The molecule has 1 atom stereocenters. The van der Waals surface area contributed by atoms with Crippen LogP contribution in [0.3, 0.4) is 0 Å². The van der Waals surface area contributed by atoms with Crippen LogP contribution in [0, 0.1) is 28.8 Å². The summed E-state index contributed by atoms with van der Waals surface area (Å²) >= 11 is 0. The summed E-state index contributed by atoms with van der Waals surface area (Å²) in [4.78, 5) is 21.3. The quantitative estimate of drug-likeness (QED) is 0.631. The number of hydrogen-bond acceptors (Lipinski definition) is 4. The fourth-order valence-corrected chi connectivity index (χ4v) is 1.92. The highest BCUT2D eigenvalue weighted by Crippen LogP contribution is 2.36. The Morgan fingerprint density at radius 3 is 2.68 bits per heavy atom. The van der Waals surface area contributed by atoms with E-state index >= 15 is 0 Å². The molecule has 1 fully saturated rings. The molecule has 0 aromatic heterocycles. The maximum atomic E-state index is 13.3. The SMILES string of the molecule is Cc1cc(NC(C(=O)O)C2CC2)c([N+](=O)[O-])cc1F. The van der Waals surface area contributed by atoms with Gasteiger partial charge in [0.25, 0.3) is 5.69 Å². The molecule has 1 unspecified atom stereocenters. The standard InChI is InChI=1S/C12H13FN2O4/c1-6-4-9(10(15(18)19)5-8(6)13)14-11(12(16)17)7-2-3-7/h4-5,7,11,14H,2-3H2,1H3,(H,16,17). The van der Waals surface area contributed by atoms with Gasteiger partial charge in [-0.15, -0.1) is 0 Å². The average molecular weight is 268 g/mol. The minimum atomic E-state index is -1.06. The second-order valence-electron chi connectivity index (χ2n) is 4.67. The first-order valence-electron chi connectivity index (χ1n) is 5.84. The number of aryl methyl sites for hydroxylation is 1. The van der Waals surface area contributed by atoms with Gasteiger partial charge in [0.2, 0.25) is 0 Å². The summed E-state index contributed by atoms with van der Waals surface area (Å²) in [5.41, 5.74) is -0.175. The van der Waals surface area contributed by atoms with Crippen LogP contribution in [0.5, 0.6) is 0 Å². The molecule has 6 nitrogen and oxygen atoms in total. The topological polar surface area (TPSA) is 92.5 Å². The summed E-state index contributed by atoms with van der Waals surface area (Å²) in [6.07, 6.45) is 1.55. The molecular formula is C12H13FN2O4. The minimum absolute atomic E-state index is 0.0255. The molecule has 19 heavy (non-hydrogen) atoms. The van der Waals surface area contributed by atoms with Crippen LogP contribution in [-0.2, 0) is 4.79 Å². The monoisotopic (exact) mass is 268 g/mol. The lowest BCUT2D eigenvalue weighted by molar-refractivity contribution is -0.384. The molecule has 0 saturated heterocycles. The van der Waals surface area contributed by atoms with Gasteiger partial charge in [0.1, 0.15) is 17.5 Å². The molecule has 2 rings (SSSR count).